The van der Waals surface area contributed by atoms with Gasteiger partial charge < -0.3 is 4.79 Å². The van der Waals surface area contributed by atoms with E-state index in [-0.39, 0.29) is 35.0 Å². The molecule has 0 spiro atoms. The minimum absolute atomic E-state index is 0.0670. The van der Waals surface area contributed by atoms with Gasteiger partial charge in [0.15, 0.2) is 5.78 Å². The van der Waals surface area contributed by atoms with E-state index in [0.717, 1.165) is 6.07 Å². The first kappa shape index (κ1) is 12.8. The molecule has 4 heteroatoms. The standard InChI is InChI=1S/C12H12ClFO2/c1-7-5-10(13)9(6-11(7)14)12(16)4-3-8(2)15/h5-6H,3-4H2,1-2H3. The first-order valence-corrected chi connectivity index (χ1v) is 5.28. The van der Waals surface area contributed by atoms with Crippen LogP contribution < -0.4 is 0 Å². The van der Waals surface area contributed by atoms with Crippen LogP contribution in [-0.2, 0) is 4.79 Å². The van der Waals surface area contributed by atoms with Gasteiger partial charge in [-0.3, -0.25) is 4.79 Å². The summed E-state index contributed by atoms with van der Waals surface area (Å²) in [5, 5.41) is 0.229. The number of hydrogen-bond acceptors (Lipinski definition) is 2. The van der Waals surface area contributed by atoms with Crippen LogP contribution in [0.5, 0.6) is 0 Å². The smallest absolute Gasteiger partial charge is 0.164 e. The molecule has 1 rings (SSSR count). The number of rotatable bonds is 4. The molecule has 0 saturated carbocycles. The van der Waals surface area contributed by atoms with Gasteiger partial charge in [0.1, 0.15) is 11.6 Å². The molecule has 0 amide bonds. The van der Waals surface area contributed by atoms with Crippen LogP contribution in [0.25, 0.3) is 0 Å². The Balaban J connectivity index is 2.91. The molecule has 0 N–H and O–H groups in total. The van der Waals surface area contributed by atoms with Crippen molar-refractivity contribution in [3.05, 3.63) is 34.1 Å². The quantitative estimate of drug-likeness (QED) is 0.759. The van der Waals surface area contributed by atoms with Crippen LogP contribution in [0.4, 0.5) is 4.39 Å². The zero-order chi connectivity index (χ0) is 12.3. The molecule has 0 fully saturated rings. The van der Waals surface area contributed by atoms with Crippen LogP contribution in [0.1, 0.15) is 35.7 Å². The molecule has 0 unspecified atom stereocenters. The molecule has 0 bridgehead atoms. The van der Waals surface area contributed by atoms with Crippen molar-refractivity contribution in [2.45, 2.75) is 26.7 Å². The Hall–Kier alpha value is -1.22. The SMILES string of the molecule is CC(=O)CCC(=O)c1cc(F)c(C)cc1Cl. The van der Waals surface area contributed by atoms with Crippen molar-refractivity contribution < 1.29 is 14.0 Å². The van der Waals surface area contributed by atoms with Crippen LogP contribution in [-0.4, -0.2) is 11.6 Å². The fourth-order valence-corrected chi connectivity index (χ4v) is 1.61. The van der Waals surface area contributed by atoms with Gasteiger partial charge >= 0.3 is 0 Å². The lowest BCUT2D eigenvalue weighted by Crippen LogP contribution is -2.04. The number of benzene rings is 1. The van der Waals surface area contributed by atoms with Crippen LogP contribution in [0.2, 0.25) is 5.02 Å². The lowest BCUT2D eigenvalue weighted by molar-refractivity contribution is -0.116. The van der Waals surface area contributed by atoms with Crippen molar-refractivity contribution in [1.29, 1.82) is 0 Å². The molecule has 0 aromatic heterocycles. The van der Waals surface area contributed by atoms with E-state index in [9.17, 15) is 14.0 Å². The molecule has 1 aromatic carbocycles. The zero-order valence-electron chi connectivity index (χ0n) is 9.14. The van der Waals surface area contributed by atoms with E-state index < -0.39 is 5.82 Å². The maximum atomic E-state index is 13.2. The molecule has 0 atom stereocenters. The highest BCUT2D eigenvalue weighted by Crippen LogP contribution is 2.22. The highest BCUT2D eigenvalue weighted by molar-refractivity contribution is 6.34. The Labute approximate surface area is 98.4 Å². The Morgan fingerprint density at radius 3 is 2.50 bits per heavy atom. The van der Waals surface area contributed by atoms with Crippen LogP contribution in [0, 0.1) is 12.7 Å². The fourth-order valence-electron chi connectivity index (χ4n) is 1.28. The molecule has 0 aliphatic rings. The minimum Gasteiger partial charge on any atom is -0.300 e. The third kappa shape index (κ3) is 3.14. The van der Waals surface area contributed by atoms with Crippen molar-refractivity contribution in [3.63, 3.8) is 0 Å². The highest BCUT2D eigenvalue weighted by atomic mass is 35.5. The van der Waals surface area contributed by atoms with Crippen LogP contribution in [0.15, 0.2) is 12.1 Å². The lowest BCUT2D eigenvalue weighted by Gasteiger charge is -2.05. The summed E-state index contributed by atoms with van der Waals surface area (Å²) in [5.41, 5.74) is 0.541. The topological polar surface area (TPSA) is 34.1 Å². The predicted octanol–water partition coefficient (Wildman–Crippen LogP) is 3.34. The fraction of sp³-hybridized carbons (Fsp3) is 0.333. The Morgan fingerprint density at radius 2 is 1.94 bits per heavy atom. The van der Waals surface area contributed by atoms with E-state index in [1.54, 1.807) is 6.92 Å². The average Bonchev–Trinajstić information content (AvgIpc) is 2.20. The van der Waals surface area contributed by atoms with Gasteiger partial charge in [0.25, 0.3) is 0 Å². The van der Waals surface area contributed by atoms with Gasteiger partial charge in [0.2, 0.25) is 0 Å². The second kappa shape index (κ2) is 5.21. The second-order valence-electron chi connectivity index (χ2n) is 3.71. The molecule has 2 nitrogen and oxygen atoms in total. The number of hydrogen-bond donors (Lipinski definition) is 0. The van der Waals surface area contributed by atoms with E-state index in [1.165, 1.54) is 13.0 Å². The molecule has 1 aromatic rings. The Bertz CT molecular complexity index is 441. The minimum atomic E-state index is -0.462. The first-order chi connectivity index (χ1) is 7.41. The molecule has 0 aliphatic heterocycles. The van der Waals surface area contributed by atoms with Gasteiger partial charge in [-0.2, -0.15) is 0 Å². The predicted molar refractivity (Wildman–Crippen MR) is 60.4 cm³/mol. The molecule has 0 saturated heterocycles. The Morgan fingerprint density at radius 1 is 1.31 bits per heavy atom. The van der Waals surface area contributed by atoms with Gasteiger partial charge in [-0.1, -0.05) is 11.6 Å². The maximum Gasteiger partial charge on any atom is 0.164 e. The number of carbonyl (C=O) groups excluding carboxylic acids is 2. The Kier molecular flexibility index (Phi) is 4.19. The summed E-state index contributed by atoms with van der Waals surface area (Å²) < 4.78 is 13.2. The number of Topliss-reactive ketones (excluding diaryl/α,β-unsaturated/α-hetero) is 2. The van der Waals surface area contributed by atoms with Crippen molar-refractivity contribution in [1.82, 2.24) is 0 Å². The second-order valence-corrected chi connectivity index (χ2v) is 4.11. The zero-order valence-corrected chi connectivity index (χ0v) is 9.90. The van der Waals surface area contributed by atoms with Gasteiger partial charge in [-0.15, -0.1) is 0 Å². The third-order valence-electron chi connectivity index (χ3n) is 2.25. The van der Waals surface area contributed by atoms with Crippen molar-refractivity contribution in [2.75, 3.05) is 0 Å². The summed E-state index contributed by atoms with van der Waals surface area (Å²) in [5.74, 6) is -0.841. The molecule has 0 radical (unpaired) electrons. The molecule has 0 aliphatic carbocycles. The van der Waals surface area contributed by atoms with Crippen molar-refractivity contribution in [2.24, 2.45) is 0 Å². The number of ketones is 2. The van der Waals surface area contributed by atoms with Gasteiger partial charge in [-0.25, -0.2) is 4.39 Å². The van der Waals surface area contributed by atoms with E-state index in [2.05, 4.69) is 0 Å². The molecule has 86 valence electrons. The van der Waals surface area contributed by atoms with Crippen molar-refractivity contribution >= 4 is 23.2 Å². The molecular formula is C12H12ClFO2. The lowest BCUT2D eigenvalue weighted by atomic mass is 10.0. The molecule has 0 heterocycles. The largest absolute Gasteiger partial charge is 0.300 e. The third-order valence-corrected chi connectivity index (χ3v) is 2.57. The summed E-state index contributed by atoms with van der Waals surface area (Å²) >= 11 is 5.84. The summed E-state index contributed by atoms with van der Waals surface area (Å²) in [4.78, 5) is 22.4. The number of aryl methyl sites for hydroxylation is 1. The van der Waals surface area contributed by atoms with Crippen LogP contribution >= 0.6 is 11.6 Å². The maximum absolute atomic E-state index is 13.2. The number of carbonyl (C=O) groups is 2. The van der Waals surface area contributed by atoms with E-state index in [1.807, 2.05) is 0 Å². The first-order valence-electron chi connectivity index (χ1n) is 4.90. The normalized spacial score (nSPS) is 10.2. The van der Waals surface area contributed by atoms with Crippen LogP contribution in [0.3, 0.4) is 0 Å². The van der Waals surface area contributed by atoms with E-state index in [0.29, 0.717) is 5.56 Å². The van der Waals surface area contributed by atoms with E-state index >= 15 is 0 Å². The summed E-state index contributed by atoms with van der Waals surface area (Å²) in [6, 6.07) is 2.54. The number of halogens is 2. The van der Waals surface area contributed by atoms with Gasteiger partial charge in [0, 0.05) is 18.4 Å². The average molecular weight is 243 g/mol. The van der Waals surface area contributed by atoms with Gasteiger partial charge in [-0.05, 0) is 31.5 Å². The summed E-state index contributed by atoms with van der Waals surface area (Å²) in [6.45, 7) is 2.98. The van der Waals surface area contributed by atoms with Gasteiger partial charge in [0.05, 0.1) is 5.02 Å². The van der Waals surface area contributed by atoms with Crippen molar-refractivity contribution in [3.8, 4) is 0 Å². The monoisotopic (exact) mass is 242 g/mol. The van der Waals surface area contributed by atoms with E-state index in [4.69, 9.17) is 11.6 Å². The molecule has 16 heavy (non-hydrogen) atoms. The highest BCUT2D eigenvalue weighted by Gasteiger charge is 2.13. The summed E-state index contributed by atoms with van der Waals surface area (Å²) in [6.07, 6.45) is 0.224. The summed E-state index contributed by atoms with van der Waals surface area (Å²) in [7, 11) is 0. The molecular weight excluding hydrogens is 231 g/mol.